The second-order valence-corrected chi connectivity index (χ2v) is 6.76. The van der Waals surface area contributed by atoms with E-state index < -0.39 is 0 Å². The van der Waals surface area contributed by atoms with E-state index in [1.165, 1.54) is 51.4 Å². The second-order valence-electron chi connectivity index (χ2n) is 6.76. The van der Waals surface area contributed by atoms with Gasteiger partial charge in [0.15, 0.2) is 0 Å². The Kier molecular flexibility index (Phi) is 3.63. The van der Waals surface area contributed by atoms with Crippen molar-refractivity contribution in [2.24, 2.45) is 23.7 Å². The van der Waals surface area contributed by atoms with Gasteiger partial charge in [-0.25, -0.2) is 0 Å². The van der Waals surface area contributed by atoms with Crippen LogP contribution in [0.25, 0.3) is 0 Å². The molecule has 3 aliphatic rings. The fraction of sp³-hybridized carbons (Fsp3) is 0.778. The molecule has 0 heterocycles. The number of rotatable bonds is 2. The van der Waals surface area contributed by atoms with Gasteiger partial charge in [-0.3, -0.25) is 0 Å². The van der Waals surface area contributed by atoms with Gasteiger partial charge >= 0.3 is 0 Å². The van der Waals surface area contributed by atoms with Crippen LogP contribution in [0.5, 0.6) is 0 Å². The minimum atomic E-state index is 0.924. The Labute approximate surface area is 113 Å². The highest BCUT2D eigenvalue weighted by Gasteiger charge is 2.40. The summed E-state index contributed by atoms with van der Waals surface area (Å²) in [6, 6.07) is 0. The summed E-state index contributed by atoms with van der Waals surface area (Å²) in [6.07, 6.45) is 16.4. The minimum absolute atomic E-state index is 0.924. The topological polar surface area (TPSA) is 0 Å². The van der Waals surface area contributed by atoms with Gasteiger partial charge in [0, 0.05) is 0 Å². The van der Waals surface area contributed by atoms with Crippen LogP contribution in [0.2, 0.25) is 0 Å². The Bertz CT molecular complexity index is 360. The van der Waals surface area contributed by atoms with Crippen LogP contribution in [0.3, 0.4) is 0 Å². The van der Waals surface area contributed by atoms with E-state index in [-0.39, 0.29) is 0 Å². The molecule has 0 nitrogen and oxygen atoms in total. The third-order valence-electron chi connectivity index (χ3n) is 5.88. The highest BCUT2D eigenvalue weighted by molar-refractivity contribution is 5.38. The van der Waals surface area contributed by atoms with E-state index in [4.69, 9.17) is 0 Å². The lowest BCUT2D eigenvalue weighted by atomic mass is 9.58. The van der Waals surface area contributed by atoms with Gasteiger partial charge in [0.1, 0.15) is 0 Å². The molecule has 100 valence electrons. The molecular formula is C18H28. The molecule has 0 spiro atoms. The van der Waals surface area contributed by atoms with Gasteiger partial charge in [-0.15, -0.1) is 0 Å². The van der Waals surface area contributed by atoms with Crippen molar-refractivity contribution in [3.05, 3.63) is 23.3 Å². The van der Waals surface area contributed by atoms with Gasteiger partial charge in [0.05, 0.1) is 0 Å². The van der Waals surface area contributed by atoms with Crippen molar-refractivity contribution in [1.29, 1.82) is 0 Å². The molecule has 0 heteroatoms. The Morgan fingerprint density at radius 2 is 1.94 bits per heavy atom. The summed E-state index contributed by atoms with van der Waals surface area (Å²) >= 11 is 0. The molecule has 0 aromatic rings. The van der Waals surface area contributed by atoms with Crippen LogP contribution in [-0.4, -0.2) is 0 Å². The first-order chi connectivity index (χ1) is 8.81. The summed E-state index contributed by atoms with van der Waals surface area (Å²) in [7, 11) is 0. The van der Waals surface area contributed by atoms with Crippen LogP contribution in [0.1, 0.15) is 65.2 Å². The lowest BCUT2D eigenvalue weighted by Gasteiger charge is -2.47. The molecule has 3 rings (SSSR count). The molecule has 0 aliphatic heterocycles. The van der Waals surface area contributed by atoms with Crippen molar-refractivity contribution in [3.63, 3.8) is 0 Å². The van der Waals surface area contributed by atoms with Crippen LogP contribution < -0.4 is 0 Å². The largest absolute Gasteiger partial charge is 0.0807 e. The first-order valence-electron chi connectivity index (χ1n) is 8.20. The Morgan fingerprint density at radius 3 is 2.78 bits per heavy atom. The van der Waals surface area contributed by atoms with Crippen LogP contribution in [0, 0.1) is 23.7 Å². The monoisotopic (exact) mass is 244 g/mol. The van der Waals surface area contributed by atoms with E-state index in [2.05, 4.69) is 26.0 Å². The molecule has 4 atom stereocenters. The van der Waals surface area contributed by atoms with Crippen molar-refractivity contribution in [1.82, 2.24) is 0 Å². The van der Waals surface area contributed by atoms with Crippen LogP contribution >= 0.6 is 0 Å². The maximum Gasteiger partial charge on any atom is -0.0131 e. The molecule has 0 bridgehead atoms. The van der Waals surface area contributed by atoms with Crippen molar-refractivity contribution < 1.29 is 0 Å². The number of hydrogen-bond donors (Lipinski definition) is 0. The second kappa shape index (κ2) is 5.23. The summed E-state index contributed by atoms with van der Waals surface area (Å²) in [5.74, 6) is 3.91. The lowest BCUT2D eigenvalue weighted by Crippen LogP contribution is -2.37. The van der Waals surface area contributed by atoms with E-state index in [9.17, 15) is 0 Å². The predicted octanol–water partition coefficient (Wildman–Crippen LogP) is 5.51. The number of allylic oxidation sites excluding steroid dienone is 4. The van der Waals surface area contributed by atoms with E-state index in [1.807, 2.05) is 0 Å². The summed E-state index contributed by atoms with van der Waals surface area (Å²) in [5.41, 5.74) is 3.50. The summed E-state index contributed by atoms with van der Waals surface area (Å²) in [5, 5.41) is 0. The fourth-order valence-electron chi connectivity index (χ4n) is 4.92. The zero-order valence-electron chi connectivity index (χ0n) is 12.1. The Hall–Kier alpha value is -0.520. The molecule has 0 N–H and O–H groups in total. The third-order valence-corrected chi connectivity index (χ3v) is 5.88. The third kappa shape index (κ3) is 2.08. The van der Waals surface area contributed by atoms with Crippen LogP contribution in [0.15, 0.2) is 23.3 Å². The van der Waals surface area contributed by atoms with Crippen molar-refractivity contribution in [2.75, 3.05) is 0 Å². The average Bonchev–Trinajstić information content (AvgIpc) is 2.42. The zero-order valence-corrected chi connectivity index (χ0v) is 12.1. The SMILES string of the molecule is CCCC1CCC2C3=CCCC=C3CCC2C1C. The summed E-state index contributed by atoms with van der Waals surface area (Å²) in [6.45, 7) is 4.90. The molecule has 4 unspecified atom stereocenters. The first kappa shape index (κ1) is 12.5. The van der Waals surface area contributed by atoms with Crippen molar-refractivity contribution in [3.8, 4) is 0 Å². The zero-order chi connectivity index (χ0) is 12.5. The minimum Gasteiger partial charge on any atom is -0.0807 e. The quantitative estimate of drug-likeness (QED) is 0.601. The molecule has 18 heavy (non-hydrogen) atoms. The van der Waals surface area contributed by atoms with E-state index in [0.717, 1.165) is 23.7 Å². The van der Waals surface area contributed by atoms with Gasteiger partial charge in [0.2, 0.25) is 0 Å². The number of hydrogen-bond acceptors (Lipinski definition) is 0. The van der Waals surface area contributed by atoms with E-state index in [0.29, 0.717) is 0 Å². The van der Waals surface area contributed by atoms with Crippen molar-refractivity contribution in [2.45, 2.75) is 65.2 Å². The van der Waals surface area contributed by atoms with Gasteiger partial charge in [-0.1, -0.05) is 38.8 Å². The maximum absolute atomic E-state index is 2.58. The van der Waals surface area contributed by atoms with Crippen LogP contribution in [-0.2, 0) is 0 Å². The maximum atomic E-state index is 2.58. The molecule has 3 aliphatic carbocycles. The smallest absolute Gasteiger partial charge is 0.0131 e. The van der Waals surface area contributed by atoms with E-state index >= 15 is 0 Å². The van der Waals surface area contributed by atoms with Crippen molar-refractivity contribution >= 4 is 0 Å². The standard InChI is InChI=1S/C18H28/c1-3-6-14-9-12-18-16(13(14)2)11-10-15-7-4-5-8-17(15)18/h7-8,13-14,16,18H,3-6,9-12H2,1-2H3. The molecule has 0 radical (unpaired) electrons. The van der Waals surface area contributed by atoms with Gasteiger partial charge in [-0.2, -0.15) is 0 Å². The Morgan fingerprint density at radius 1 is 1.11 bits per heavy atom. The highest BCUT2D eigenvalue weighted by atomic mass is 14.5. The summed E-state index contributed by atoms with van der Waals surface area (Å²) < 4.78 is 0. The summed E-state index contributed by atoms with van der Waals surface area (Å²) in [4.78, 5) is 0. The Balaban J connectivity index is 1.78. The molecule has 0 saturated heterocycles. The fourth-order valence-corrected chi connectivity index (χ4v) is 4.92. The molecule has 0 aromatic heterocycles. The predicted molar refractivity (Wildman–Crippen MR) is 78.4 cm³/mol. The lowest BCUT2D eigenvalue weighted by molar-refractivity contribution is 0.0987. The number of fused-ring (bicyclic) bond motifs is 3. The normalized spacial score (nSPS) is 39.4. The van der Waals surface area contributed by atoms with Gasteiger partial charge in [0.25, 0.3) is 0 Å². The molecule has 0 aromatic carbocycles. The first-order valence-corrected chi connectivity index (χ1v) is 8.20. The molecular weight excluding hydrogens is 216 g/mol. The molecule has 0 amide bonds. The molecule has 2 fully saturated rings. The molecule has 2 saturated carbocycles. The van der Waals surface area contributed by atoms with E-state index in [1.54, 1.807) is 11.1 Å². The van der Waals surface area contributed by atoms with Gasteiger partial charge in [-0.05, 0) is 73.3 Å². The van der Waals surface area contributed by atoms with Crippen LogP contribution in [0.4, 0.5) is 0 Å². The van der Waals surface area contributed by atoms with Gasteiger partial charge < -0.3 is 0 Å². The highest BCUT2D eigenvalue weighted by Crippen LogP contribution is 2.51. The average molecular weight is 244 g/mol.